The molecule has 5 rings (SSSR count). The van der Waals surface area contributed by atoms with Crippen LogP contribution in [0.25, 0.3) is 11.3 Å². The Balaban J connectivity index is 1.09. The lowest BCUT2D eigenvalue weighted by Crippen LogP contribution is -2.57. The van der Waals surface area contributed by atoms with E-state index in [-0.39, 0.29) is 0 Å². The van der Waals surface area contributed by atoms with Gasteiger partial charge in [-0.25, -0.2) is 0 Å². The lowest BCUT2D eigenvalue weighted by Gasteiger charge is -2.48. The van der Waals surface area contributed by atoms with Gasteiger partial charge in [-0.15, -0.1) is 10.2 Å². The normalized spacial score (nSPS) is 28.2. The first-order chi connectivity index (χ1) is 13.8. The van der Waals surface area contributed by atoms with Gasteiger partial charge < -0.3 is 15.1 Å². The quantitative estimate of drug-likeness (QED) is 0.863. The van der Waals surface area contributed by atoms with E-state index in [1.807, 2.05) is 12.1 Å². The van der Waals surface area contributed by atoms with E-state index < -0.39 is 0 Å². The van der Waals surface area contributed by atoms with Crippen molar-refractivity contribution >= 4 is 5.82 Å². The number of anilines is 1. The van der Waals surface area contributed by atoms with Crippen LogP contribution in [0.4, 0.5) is 5.82 Å². The number of pyridine rings is 1. The first-order valence-corrected chi connectivity index (χ1v) is 10.7. The van der Waals surface area contributed by atoms with Crippen LogP contribution < -0.4 is 10.2 Å². The Morgan fingerprint density at radius 2 is 1.75 bits per heavy atom. The zero-order valence-electron chi connectivity index (χ0n) is 16.7. The van der Waals surface area contributed by atoms with Crippen LogP contribution in [0, 0.1) is 5.92 Å². The molecule has 3 fully saturated rings. The number of nitrogens with zero attached hydrogens (tertiary/aromatic N) is 5. The summed E-state index contributed by atoms with van der Waals surface area (Å²) in [6.45, 7) is 3.29. The average Bonchev–Trinajstić information content (AvgIpc) is 2.68. The highest BCUT2D eigenvalue weighted by Gasteiger charge is 2.36. The second-order valence-electron chi connectivity index (χ2n) is 8.76. The third kappa shape index (κ3) is 3.63. The fourth-order valence-electron chi connectivity index (χ4n) is 5.17. The van der Waals surface area contributed by atoms with Crippen molar-refractivity contribution in [3.05, 3.63) is 36.7 Å². The second-order valence-corrected chi connectivity index (χ2v) is 8.76. The van der Waals surface area contributed by atoms with Crippen LogP contribution in [-0.4, -0.2) is 64.9 Å². The topological polar surface area (TPSA) is 57.2 Å². The number of nitrogens with one attached hydrogen (secondary N) is 1. The van der Waals surface area contributed by atoms with Crippen molar-refractivity contribution in [2.75, 3.05) is 31.6 Å². The van der Waals surface area contributed by atoms with E-state index in [0.29, 0.717) is 6.04 Å². The van der Waals surface area contributed by atoms with Gasteiger partial charge in [0.15, 0.2) is 5.82 Å². The molecule has 28 heavy (non-hydrogen) atoms. The Kier molecular flexibility index (Phi) is 4.99. The molecule has 0 radical (unpaired) electrons. The maximum atomic E-state index is 4.44. The highest BCUT2D eigenvalue weighted by Crippen LogP contribution is 2.33. The SMILES string of the molecule is CN1C2CCCC1CC(NCC1CN(c3ccc(-c4ccncc4)nn3)C1)C2. The van der Waals surface area contributed by atoms with Crippen LogP contribution in [0.1, 0.15) is 32.1 Å². The molecule has 148 valence electrons. The van der Waals surface area contributed by atoms with Gasteiger partial charge in [-0.1, -0.05) is 6.42 Å². The molecule has 3 saturated heterocycles. The van der Waals surface area contributed by atoms with Crippen LogP contribution in [0.15, 0.2) is 36.7 Å². The molecule has 2 atom stereocenters. The molecular formula is C22H30N6. The van der Waals surface area contributed by atoms with Crippen LogP contribution >= 0.6 is 0 Å². The Bertz CT molecular complexity index is 759. The van der Waals surface area contributed by atoms with Gasteiger partial charge in [0.1, 0.15) is 0 Å². The number of rotatable bonds is 5. The van der Waals surface area contributed by atoms with Crippen LogP contribution in [-0.2, 0) is 0 Å². The largest absolute Gasteiger partial charge is 0.354 e. The average molecular weight is 379 g/mol. The van der Waals surface area contributed by atoms with Gasteiger partial charge in [0.05, 0.1) is 5.69 Å². The number of hydrogen-bond acceptors (Lipinski definition) is 6. The van der Waals surface area contributed by atoms with Crippen LogP contribution in [0.5, 0.6) is 0 Å². The van der Waals surface area contributed by atoms with E-state index in [2.05, 4.69) is 49.5 Å². The molecule has 1 N–H and O–H groups in total. The minimum atomic E-state index is 0.708. The number of hydrogen-bond donors (Lipinski definition) is 1. The zero-order chi connectivity index (χ0) is 18.9. The Morgan fingerprint density at radius 3 is 2.43 bits per heavy atom. The smallest absolute Gasteiger partial charge is 0.151 e. The van der Waals surface area contributed by atoms with Crippen molar-refractivity contribution in [1.29, 1.82) is 0 Å². The van der Waals surface area contributed by atoms with Gasteiger partial charge in [0.2, 0.25) is 0 Å². The third-order valence-electron chi connectivity index (χ3n) is 6.94. The molecule has 2 unspecified atom stereocenters. The van der Waals surface area contributed by atoms with Crippen molar-refractivity contribution < 1.29 is 0 Å². The van der Waals surface area contributed by atoms with Crippen molar-refractivity contribution in [1.82, 2.24) is 25.4 Å². The minimum Gasteiger partial charge on any atom is -0.354 e. The summed E-state index contributed by atoms with van der Waals surface area (Å²) in [6, 6.07) is 10.4. The maximum Gasteiger partial charge on any atom is 0.151 e. The van der Waals surface area contributed by atoms with Crippen molar-refractivity contribution in [3.8, 4) is 11.3 Å². The summed E-state index contributed by atoms with van der Waals surface area (Å²) < 4.78 is 0. The van der Waals surface area contributed by atoms with Crippen molar-refractivity contribution in [2.24, 2.45) is 5.92 Å². The Hall–Kier alpha value is -2.05. The molecule has 0 amide bonds. The van der Waals surface area contributed by atoms with E-state index in [1.165, 1.54) is 32.1 Å². The molecule has 6 heteroatoms. The number of piperidine rings is 2. The first kappa shape index (κ1) is 18.0. The van der Waals surface area contributed by atoms with E-state index >= 15 is 0 Å². The van der Waals surface area contributed by atoms with E-state index in [0.717, 1.165) is 54.7 Å². The fourth-order valence-corrected chi connectivity index (χ4v) is 5.17. The highest BCUT2D eigenvalue weighted by atomic mass is 15.3. The summed E-state index contributed by atoms with van der Waals surface area (Å²) in [6.07, 6.45) is 10.4. The maximum absolute atomic E-state index is 4.44. The standard InChI is InChI=1S/C22H30N6/c1-27-19-3-2-4-20(27)12-18(11-19)24-13-16-14-28(15-16)22-6-5-21(25-26-22)17-7-9-23-10-8-17/h5-10,16,18-20,24H,2-4,11-15H2,1H3. The highest BCUT2D eigenvalue weighted by molar-refractivity contribution is 5.59. The summed E-state index contributed by atoms with van der Waals surface area (Å²) in [4.78, 5) is 9.03. The van der Waals surface area contributed by atoms with Gasteiger partial charge in [-0.05, 0) is 57.0 Å². The molecular weight excluding hydrogens is 348 g/mol. The van der Waals surface area contributed by atoms with Crippen LogP contribution in [0.3, 0.4) is 0 Å². The molecule has 6 nitrogen and oxygen atoms in total. The van der Waals surface area contributed by atoms with Gasteiger partial charge in [-0.2, -0.15) is 0 Å². The predicted molar refractivity (Wildman–Crippen MR) is 111 cm³/mol. The Morgan fingerprint density at radius 1 is 1.00 bits per heavy atom. The molecule has 3 aliphatic rings. The molecule has 2 aromatic rings. The molecule has 0 saturated carbocycles. The zero-order valence-corrected chi connectivity index (χ0v) is 16.7. The van der Waals surface area contributed by atoms with Gasteiger partial charge in [-0.3, -0.25) is 4.98 Å². The summed E-state index contributed by atoms with van der Waals surface area (Å²) in [5.41, 5.74) is 1.96. The molecule has 0 aliphatic carbocycles. The first-order valence-electron chi connectivity index (χ1n) is 10.7. The predicted octanol–water partition coefficient (Wildman–Crippen LogP) is 2.58. The van der Waals surface area contributed by atoms with Gasteiger partial charge >= 0.3 is 0 Å². The fraction of sp³-hybridized carbons (Fsp3) is 0.591. The molecule has 3 aliphatic heterocycles. The van der Waals surface area contributed by atoms with Crippen molar-refractivity contribution in [2.45, 2.75) is 50.2 Å². The number of aromatic nitrogens is 3. The lowest BCUT2D eigenvalue weighted by atomic mass is 9.82. The summed E-state index contributed by atoms with van der Waals surface area (Å²) >= 11 is 0. The molecule has 0 spiro atoms. The second kappa shape index (κ2) is 7.76. The van der Waals surface area contributed by atoms with E-state index in [9.17, 15) is 0 Å². The summed E-state index contributed by atoms with van der Waals surface area (Å²) in [7, 11) is 2.33. The van der Waals surface area contributed by atoms with Gasteiger partial charge in [0.25, 0.3) is 0 Å². The summed E-state index contributed by atoms with van der Waals surface area (Å²) in [5, 5.41) is 12.7. The molecule has 2 bridgehead atoms. The van der Waals surface area contributed by atoms with E-state index in [4.69, 9.17) is 0 Å². The molecule has 0 aromatic carbocycles. The monoisotopic (exact) mass is 378 g/mol. The van der Waals surface area contributed by atoms with Crippen molar-refractivity contribution in [3.63, 3.8) is 0 Å². The molecule has 5 heterocycles. The molecule has 2 aromatic heterocycles. The number of fused-ring (bicyclic) bond motifs is 2. The third-order valence-corrected chi connectivity index (χ3v) is 6.94. The lowest BCUT2D eigenvalue weighted by molar-refractivity contribution is 0.0474. The Labute approximate surface area is 167 Å². The summed E-state index contributed by atoms with van der Waals surface area (Å²) in [5.74, 6) is 1.71. The van der Waals surface area contributed by atoms with Gasteiger partial charge in [0, 0.05) is 61.6 Å². The van der Waals surface area contributed by atoms with E-state index in [1.54, 1.807) is 12.4 Å². The minimum absolute atomic E-state index is 0.708. The van der Waals surface area contributed by atoms with Crippen LogP contribution in [0.2, 0.25) is 0 Å².